The molecule has 2 N–H and O–H groups in total. The van der Waals surface area contributed by atoms with Crippen molar-refractivity contribution in [3.8, 4) is 0 Å². The van der Waals surface area contributed by atoms with Crippen molar-refractivity contribution in [1.29, 1.82) is 0 Å². The van der Waals surface area contributed by atoms with Gasteiger partial charge in [-0.15, -0.1) is 0 Å². The van der Waals surface area contributed by atoms with Crippen LogP contribution in [-0.2, 0) is 12.0 Å². The summed E-state index contributed by atoms with van der Waals surface area (Å²) in [5.41, 5.74) is 10.5. The fourth-order valence-corrected chi connectivity index (χ4v) is 2.80. The molecule has 0 saturated carbocycles. The number of benzene rings is 2. The number of rotatable bonds is 3. The van der Waals surface area contributed by atoms with E-state index in [0.29, 0.717) is 16.5 Å². The van der Waals surface area contributed by atoms with Gasteiger partial charge in [0.2, 0.25) is 0 Å². The molecule has 1 atom stereocenters. The maximum absolute atomic E-state index is 6.51. The van der Waals surface area contributed by atoms with Crippen LogP contribution in [0.1, 0.15) is 29.2 Å². The third-order valence-electron chi connectivity index (χ3n) is 3.77. The summed E-state index contributed by atoms with van der Waals surface area (Å²) in [6.07, 6.45) is 0.605. The van der Waals surface area contributed by atoms with Gasteiger partial charge in [-0.3, -0.25) is 0 Å². The van der Waals surface area contributed by atoms with Gasteiger partial charge in [0.1, 0.15) is 0 Å². The Labute approximate surface area is 130 Å². The third kappa shape index (κ3) is 3.17. The minimum atomic E-state index is -0.507. The number of halogens is 2. The molecule has 0 aromatic heterocycles. The Morgan fingerprint density at radius 3 is 2.15 bits per heavy atom. The normalized spacial score (nSPS) is 14.1. The first-order valence-electron chi connectivity index (χ1n) is 6.61. The van der Waals surface area contributed by atoms with Gasteiger partial charge in [-0.1, -0.05) is 47.5 Å². The number of nitrogens with two attached hydrogens (primary N) is 1. The van der Waals surface area contributed by atoms with Gasteiger partial charge in [0.05, 0.1) is 0 Å². The summed E-state index contributed by atoms with van der Waals surface area (Å²) in [4.78, 5) is 0. The molecular weight excluding hydrogens is 289 g/mol. The molecule has 0 aliphatic carbocycles. The Morgan fingerprint density at radius 1 is 1.00 bits per heavy atom. The first kappa shape index (κ1) is 15.4. The van der Waals surface area contributed by atoms with Crippen LogP contribution in [0.15, 0.2) is 36.4 Å². The van der Waals surface area contributed by atoms with Gasteiger partial charge in [0.25, 0.3) is 0 Å². The monoisotopic (exact) mass is 307 g/mol. The maximum atomic E-state index is 6.51. The SMILES string of the molecule is Cc1ccc(C(C)(N)Cc2c(Cl)cccc2Cl)cc1C. The summed E-state index contributed by atoms with van der Waals surface area (Å²) in [6.45, 7) is 6.20. The van der Waals surface area contributed by atoms with Crippen LogP contribution in [0.3, 0.4) is 0 Å². The lowest BCUT2D eigenvalue weighted by molar-refractivity contribution is 0.491. The number of hydrogen-bond donors (Lipinski definition) is 1. The van der Waals surface area contributed by atoms with E-state index in [1.54, 1.807) is 0 Å². The fourth-order valence-electron chi connectivity index (χ4n) is 2.27. The standard InChI is InChI=1S/C17H19Cl2N/c1-11-7-8-13(9-12(11)2)17(3,20)10-14-15(18)5-4-6-16(14)19/h4-9H,10,20H2,1-3H3. The molecule has 0 saturated heterocycles. The second-order valence-electron chi connectivity index (χ2n) is 5.59. The Kier molecular flexibility index (Phi) is 4.43. The van der Waals surface area contributed by atoms with Crippen LogP contribution < -0.4 is 5.73 Å². The zero-order valence-corrected chi connectivity index (χ0v) is 13.5. The summed E-state index contributed by atoms with van der Waals surface area (Å²) in [5, 5.41) is 1.33. The van der Waals surface area contributed by atoms with Crippen molar-refractivity contribution < 1.29 is 0 Å². The molecular formula is C17H19Cl2N. The zero-order chi connectivity index (χ0) is 14.9. The summed E-state index contributed by atoms with van der Waals surface area (Å²) in [5.74, 6) is 0. The second-order valence-corrected chi connectivity index (χ2v) is 6.41. The van der Waals surface area contributed by atoms with Gasteiger partial charge in [0, 0.05) is 15.6 Å². The maximum Gasteiger partial charge on any atom is 0.0453 e. The summed E-state index contributed by atoms with van der Waals surface area (Å²) < 4.78 is 0. The molecule has 2 aromatic rings. The minimum absolute atomic E-state index is 0.507. The summed E-state index contributed by atoms with van der Waals surface area (Å²) in [6, 6.07) is 11.9. The van der Waals surface area contributed by atoms with Crippen LogP contribution in [-0.4, -0.2) is 0 Å². The van der Waals surface area contributed by atoms with Gasteiger partial charge >= 0.3 is 0 Å². The third-order valence-corrected chi connectivity index (χ3v) is 4.48. The van der Waals surface area contributed by atoms with Gasteiger partial charge in [0.15, 0.2) is 0 Å². The lowest BCUT2D eigenvalue weighted by Gasteiger charge is -2.27. The van der Waals surface area contributed by atoms with Gasteiger partial charge in [-0.2, -0.15) is 0 Å². The molecule has 3 heteroatoms. The lowest BCUT2D eigenvalue weighted by atomic mass is 9.85. The van der Waals surface area contributed by atoms with Crippen molar-refractivity contribution in [1.82, 2.24) is 0 Å². The van der Waals surface area contributed by atoms with Crippen LogP contribution in [0.2, 0.25) is 10.0 Å². The van der Waals surface area contributed by atoms with Crippen molar-refractivity contribution in [3.05, 3.63) is 68.7 Å². The predicted molar refractivity (Wildman–Crippen MR) is 87.6 cm³/mol. The van der Waals surface area contributed by atoms with Gasteiger partial charge < -0.3 is 5.73 Å². The topological polar surface area (TPSA) is 26.0 Å². The summed E-state index contributed by atoms with van der Waals surface area (Å²) >= 11 is 12.5. The molecule has 20 heavy (non-hydrogen) atoms. The number of hydrogen-bond acceptors (Lipinski definition) is 1. The number of aryl methyl sites for hydroxylation is 2. The average molecular weight is 308 g/mol. The lowest BCUT2D eigenvalue weighted by Crippen LogP contribution is -2.35. The van der Waals surface area contributed by atoms with Crippen LogP contribution in [0.25, 0.3) is 0 Å². The Balaban J connectivity index is 2.37. The second kappa shape index (κ2) is 5.77. The van der Waals surface area contributed by atoms with E-state index in [2.05, 4.69) is 32.0 Å². The highest BCUT2D eigenvalue weighted by molar-refractivity contribution is 6.36. The van der Waals surface area contributed by atoms with Crippen LogP contribution in [0.5, 0.6) is 0 Å². The highest BCUT2D eigenvalue weighted by Crippen LogP contribution is 2.31. The molecule has 0 aliphatic heterocycles. The predicted octanol–water partition coefficient (Wildman–Crippen LogP) is 5.03. The molecule has 0 bridgehead atoms. The van der Waals surface area contributed by atoms with Crippen molar-refractivity contribution in [2.24, 2.45) is 5.73 Å². The molecule has 2 aromatic carbocycles. The van der Waals surface area contributed by atoms with E-state index in [1.165, 1.54) is 11.1 Å². The highest BCUT2D eigenvalue weighted by atomic mass is 35.5. The molecule has 0 heterocycles. The molecule has 1 nitrogen and oxygen atoms in total. The molecule has 0 aliphatic rings. The smallest absolute Gasteiger partial charge is 0.0453 e. The molecule has 0 radical (unpaired) electrons. The van der Waals surface area contributed by atoms with E-state index in [9.17, 15) is 0 Å². The van der Waals surface area contributed by atoms with E-state index in [0.717, 1.165) is 11.1 Å². The Hall–Kier alpha value is -1.02. The summed E-state index contributed by atoms with van der Waals surface area (Å²) in [7, 11) is 0. The van der Waals surface area contributed by atoms with Crippen molar-refractivity contribution in [3.63, 3.8) is 0 Å². The molecule has 0 fully saturated rings. The van der Waals surface area contributed by atoms with Crippen molar-refractivity contribution >= 4 is 23.2 Å². The Bertz CT molecular complexity index is 613. The minimum Gasteiger partial charge on any atom is -0.321 e. The zero-order valence-electron chi connectivity index (χ0n) is 12.0. The first-order valence-corrected chi connectivity index (χ1v) is 7.36. The Morgan fingerprint density at radius 2 is 1.60 bits per heavy atom. The van der Waals surface area contributed by atoms with E-state index in [1.807, 2.05) is 25.1 Å². The van der Waals surface area contributed by atoms with Crippen molar-refractivity contribution in [2.45, 2.75) is 32.7 Å². The first-order chi connectivity index (χ1) is 9.31. The van der Waals surface area contributed by atoms with Gasteiger partial charge in [-0.05, 0) is 61.6 Å². The molecule has 2 rings (SSSR count). The quantitative estimate of drug-likeness (QED) is 0.846. The van der Waals surface area contributed by atoms with Crippen molar-refractivity contribution in [2.75, 3.05) is 0 Å². The van der Waals surface area contributed by atoms with E-state index in [-0.39, 0.29) is 0 Å². The van der Waals surface area contributed by atoms with Crippen LogP contribution in [0, 0.1) is 13.8 Å². The molecule has 106 valence electrons. The fraction of sp³-hybridized carbons (Fsp3) is 0.294. The molecule has 0 amide bonds. The van der Waals surface area contributed by atoms with E-state index >= 15 is 0 Å². The highest BCUT2D eigenvalue weighted by Gasteiger charge is 2.24. The van der Waals surface area contributed by atoms with E-state index in [4.69, 9.17) is 28.9 Å². The molecule has 0 spiro atoms. The van der Waals surface area contributed by atoms with E-state index < -0.39 is 5.54 Å². The van der Waals surface area contributed by atoms with Crippen LogP contribution in [0.4, 0.5) is 0 Å². The van der Waals surface area contributed by atoms with Crippen LogP contribution >= 0.6 is 23.2 Å². The molecule has 1 unspecified atom stereocenters. The average Bonchev–Trinajstić information content (AvgIpc) is 2.37. The largest absolute Gasteiger partial charge is 0.321 e. The van der Waals surface area contributed by atoms with Gasteiger partial charge in [-0.25, -0.2) is 0 Å².